The Hall–Kier alpha value is -2.52. The Morgan fingerprint density at radius 3 is 1.17 bits per heavy atom. The lowest BCUT2D eigenvalue weighted by atomic mass is 10.4. The highest BCUT2D eigenvalue weighted by Gasteiger charge is 2.27. The molecule has 0 aliphatic carbocycles. The standard InChI is InChI=1S/C18H15S.C3H6O2/c1-4-10-16(11-5-1)19(17-12-6-2-7-13-17)18-14-8-3-9-15-18;1-2-3(4)5/h1-15H;2H2,1H3,(H,4,5)/q+1;. The first-order valence-electron chi connectivity index (χ1n) is 7.83. The van der Waals surface area contributed by atoms with Crippen LogP contribution in [-0.4, -0.2) is 11.1 Å². The number of aliphatic carboxylic acids is 1. The van der Waals surface area contributed by atoms with E-state index in [1.807, 2.05) is 0 Å². The van der Waals surface area contributed by atoms with E-state index in [4.69, 9.17) is 5.11 Å². The largest absolute Gasteiger partial charge is 0.481 e. The average Bonchev–Trinajstić information content (AvgIpc) is 2.65. The molecule has 3 aromatic carbocycles. The number of carboxylic acid groups (broad SMARTS) is 1. The Kier molecular flexibility index (Phi) is 7.12. The summed E-state index contributed by atoms with van der Waals surface area (Å²) in [6.07, 6.45) is 0.222. The molecule has 3 aromatic rings. The molecule has 1 N–H and O–H groups in total. The molecule has 0 saturated heterocycles. The first kappa shape index (κ1) is 17.8. The molecule has 0 radical (unpaired) electrons. The van der Waals surface area contributed by atoms with Crippen molar-refractivity contribution in [1.29, 1.82) is 0 Å². The fourth-order valence-corrected chi connectivity index (χ4v) is 4.18. The van der Waals surface area contributed by atoms with Gasteiger partial charge in [0.25, 0.3) is 0 Å². The lowest BCUT2D eigenvalue weighted by Crippen LogP contribution is -2.04. The number of rotatable bonds is 4. The van der Waals surface area contributed by atoms with E-state index >= 15 is 0 Å². The van der Waals surface area contributed by atoms with Crippen LogP contribution in [0.3, 0.4) is 0 Å². The smallest absolute Gasteiger partial charge is 0.303 e. The highest BCUT2D eigenvalue weighted by Crippen LogP contribution is 2.30. The molecule has 0 aliphatic rings. The summed E-state index contributed by atoms with van der Waals surface area (Å²) in [5, 5.41) is 7.72. The van der Waals surface area contributed by atoms with Crippen molar-refractivity contribution < 1.29 is 9.90 Å². The number of carboxylic acids is 1. The third-order valence-corrected chi connectivity index (χ3v) is 5.47. The van der Waals surface area contributed by atoms with E-state index in [1.54, 1.807) is 6.92 Å². The highest BCUT2D eigenvalue weighted by atomic mass is 32.2. The van der Waals surface area contributed by atoms with Gasteiger partial charge in [0, 0.05) is 6.42 Å². The summed E-state index contributed by atoms with van der Waals surface area (Å²) >= 11 is 0. The van der Waals surface area contributed by atoms with Crippen LogP contribution < -0.4 is 0 Å². The van der Waals surface area contributed by atoms with Gasteiger partial charge < -0.3 is 5.11 Å². The maximum atomic E-state index is 9.37. The minimum atomic E-state index is -0.745. The minimum Gasteiger partial charge on any atom is -0.481 e. The van der Waals surface area contributed by atoms with Crippen molar-refractivity contribution in [3.8, 4) is 0 Å². The van der Waals surface area contributed by atoms with Gasteiger partial charge in [-0.05, 0) is 36.4 Å². The second-order valence-electron chi connectivity index (χ2n) is 4.99. The normalized spacial score (nSPS) is 9.92. The van der Waals surface area contributed by atoms with Gasteiger partial charge in [-0.25, -0.2) is 0 Å². The molecule has 0 saturated carbocycles. The molecule has 0 atom stereocenters. The van der Waals surface area contributed by atoms with E-state index in [9.17, 15) is 4.79 Å². The zero-order valence-electron chi connectivity index (χ0n) is 13.6. The molecule has 0 bridgehead atoms. The van der Waals surface area contributed by atoms with Gasteiger partial charge in [0.1, 0.15) is 0 Å². The third kappa shape index (κ3) is 5.28. The predicted molar refractivity (Wildman–Crippen MR) is 99.4 cm³/mol. The number of hydrogen-bond acceptors (Lipinski definition) is 1. The molecular formula is C21H21O2S+. The first-order valence-corrected chi connectivity index (χ1v) is 9.06. The second kappa shape index (κ2) is 9.58. The van der Waals surface area contributed by atoms with Crippen LogP contribution in [0, 0.1) is 0 Å². The zero-order chi connectivity index (χ0) is 17.2. The van der Waals surface area contributed by atoms with Crippen molar-refractivity contribution in [2.75, 3.05) is 0 Å². The van der Waals surface area contributed by atoms with Crippen LogP contribution in [0.1, 0.15) is 13.3 Å². The minimum absolute atomic E-state index is 0.0146. The monoisotopic (exact) mass is 337 g/mol. The van der Waals surface area contributed by atoms with Crippen LogP contribution in [0.2, 0.25) is 0 Å². The van der Waals surface area contributed by atoms with Gasteiger partial charge in [-0.2, -0.15) is 0 Å². The van der Waals surface area contributed by atoms with Crippen molar-refractivity contribution in [2.45, 2.75) is 28.0 Å². The molecule has 0 aromatic heterocycles. The summed E-state index contributed by atoms with van der Waals surface area (Å²) in [7, 11) is -0.0146. The van der Waals surface area contributed by atoms with Crippen molar-refractivity contribution in [3.05, 3.63) is 91.0 Å². The topological polar surface area (TPSA) is 37.3 Å². The summed E-state index contributed by atoms with van der Waals surface area (Å²) in [4.78, 5) is 13.5. The Labute approximate surface area is 146 Å². The molecule has 0 spiro atoms. The van der Waals surface area contributed by atoms with Gasteiger partial charge in [-0.3, -0.25) is 4.79 Å². The summed E-state index contributed by atoms with van der Waals surface area (Å²) in [5.74, 6) is -0.745. The van der Waals surface area contributed by atoms with E-state index in [1.165, 1.54) is 14.7 Å². The molecule has 0 amide bonds. The van der Waals surface area contributed by atoms with E-state index in [-0.39, 0.29) is 17.3 Å². The molecule has 24 heavy (non-hydrogen) atoms. The SMILES string of the molecule is CCC(=O)O.c1ccc([S+](c2ccccc2)c2ccccc2)cc1. The van der Waals surface area contributed by atoms with E-state index in [0.29, 0.717) is 0 Å². The van der Waals surface area contributed by atoms with E-state index < -0.39 is 5.97 Å². The van der Waals surface area contributed by atoms with Gasteiger partial charge in [-0.15, -0.1) is 0 Å². The average molecular weight is 337 g/mol. The third-order valence-electron chi connectivity index (χ3n) is 3.24. The number of carbonyl (C=O) groups is 1. The van der Waals surface area contributed by atoms with Gasteiger partial charge >= 0.3 is 5.97 Å². The summed E-state index contributed by atoms with van der Waals surface area (Å²) in [5.41, 5.74) is 0. The molecule has 122 valence electrons. The Morgan fingerprint density at radius 2 is 0.958 bits per heavy atom. The fourth-order valence-electron chi connectivity index (χ4n) is 2.08. The molecule has 0 heterocycles. The molecule has 0 aliphatic heterocycles. The van der Waals surface area contributed by atoms with E-state index in [0.717, 1.165) is 0 Å². The Morgan fingerprint density at radius 1 is 0.708 bits per heavy atom. The van der Waals surface area contributed by atoms with Crippen LogP contribution in [0.25, 0.3) is 0 Å². The lowest BCUT2D eigenvalue weighted by Gasteiger charge is -2.07. The Balaban J connectivity index is 0.000000368. The van der Waals surface area contributed by atoms with E-state index in [2.05, 4.69) is 91.0 Å². The highest BCUT2D eigenvalue weighted by molar-refractivity contribution is 7.97. The maximum Gasteiger partial charge on any atom is 0.303 e. The fraction of sp³-hybridized carbons (Fsp3) is 0.0952. The molecule has 0 unspecified atom stereocenters. The van der Waals surface area contributed by atoms with Crippen molar-refractivity contribution in [1.82, 2.24) is 0 Å². The lowest BCUT2D eigenvalue weighted by molar-refractivity contribution is -0.136. The van der Waals surface area contributed by atoms with Crippen LogP contribution in [0.5, 0.6) is 0 Å². The molecule has 2 nitrogen and oxygen atoms in total. The van der Waals surface area contributed by atoms with Crippen LogP contribution in [0.15, 0.2) is 106 Å². The van der Waals surface area contributed by atoms with Gasteiger partial charge in [0.05, 0.1) is 10.9 Å². The molecule has 0 fully saturated rings. The van der Waals surface area contributed by atoms with Gasteiger partial charge in [0.15, 0.2) is 14.7 Å². The molecule has 3 rings (SSSR count). The predicted octanol–water partition coefficient (Wildman–Crippen LogP) is 5.26. The first-order chi connectivity index (χ1) is 11.7. The summed E-state index contributed by atoms with van der Waals surface area (Å²) in [6, 6.07) is 32.2. The van der Waals surface area contributed by atoms with Gasteiger partial charge in [0.2, 0.25) is 0 Å². The van der Waals surface area contributed by atoms with Crippen molar-refractivity contribution >= 4 is 16.9 Å². The van der Waals surface area contributed by atoms with Gasteiger partial charge in [-0.1, -0.05) is 61.5 Å². The zero-order valence-corrected chi connectivity index (χ0v) is 14.4. The summed E-state index contributed by atoms with van der Waals surface area (Å²) in [6.45, 7) is 1.60. The maximum absolute atomic E-state index is 9.37. The molecular weight excluding hydrogens is 316 g/mol. The molecule has 3 heteroatoms. The number of benzene rings is 3. The summed E-state index contributed by atoms with van der Waals surface area (Å²) < 4.78 is 0. The van der Waals surface area contributed by atoms with Crippen molar-refractivity contribution in [3.63, 3.8) is 0 Å². The van der Waals surface area contributed by atoms with Crippen LogP contribution in [-0.2, 0) is 15.7 Å². The quantitative estimate of drug-likeness (QED) is 0.659. The Bertz CT molecular complexity index is 634. The second-order valence-corrected chi connectivity index (χ2v) is 7.02. The number of hydrogen-bond donors (Lipinski definition) is 1. The van der Waals surface area contributed by atoms with Crippen LogP contribution >= 0.6 is 0 Å². The van der Waals surface area contributed by atoms with Crippen molar-refractivity contribution in [2.24, 2.45) is 0 Å². The van der Waals surface area contributed by atoms with Crippen LogP contribution in [0.4, 0.5) is 0 Å².